The summed E-state index contributed by atoms with van der Waals surface area (Å²) in [5.41, 5.74) is 3.69. The van der Waals surface area contributed by atoms with E-state index >= 15 is 0 Å². The van der Waals surface area contributed by atoms with Gasteiger partial charge >= 0.3 is 17.2 Å². The third-order valence-corrected chi connectivity index (χ3v) is 12.3. The van der Waals surface area contributed by atoms with E-state index in [1.54, 1.807) is 28.4 Å². The van der Waals surface area contributed by atoms with Crippen LogP contribution in [0.5, 0.6) is 63.2 Å². The molecule has 0 saturated heterocycles. The summed E-state index contributed by atoms with van der Waals surface area (Å²) in [5.74, 6) is 6.73. The standard InChI is InChI=1S/C54H64O11P2/c1-13-15-37-33-39(53(3,4)5)35-49(51(37)64-66(60-44-25-17-40(55-9)18-26-44)61-45-27-19-41(56-10)20-28-45)50-36-48(59-54(6,7)8)34-38(16-14-2)52(50)65-67(62-46-29-21-42(57-11)22-30-46)63-47-31-23-43(58-12)24-32-47/h17-36H,13-16H2,1-12H3. The van der Waals surface area contributed by atoms with Gasteiger partial charge in [0.1, 0.15) is 68.8 Å². The Labute approximate surface area is 399 Å². The fourth-order valence-corrected chi connectivity index (χ4v) is 9.00. The zero-order chi connectivity index (χ0) is 48.1. The average Bonchev–Trinajstić information content (AvgIpc) is 3.30. The van der Waals surface area contributed by atoms with E-state index < -0.39 is 22.8 Å². The number of hydrogen-bond acceptors (Lipinski definition) is 11. The number of hydrogen-bond donors (Lipinski definition) is 0. The van der Waals surface area contributed by atoms with Gasteiger partial charge < -0.3 is 50.8 Å². The Hall–Kier alpha value is -6.02. The predicted molar refractivity (Wildman–Crippen MR) is 269 cm³/mol. The number of benzene rings is 6. The van der Waals surface area contributed by atoms with Gasteiger partial charge in [0.25, 0.3) is 0 Å². The first-order chi connectivity index (χ1) is 32.1. The van der Waals surface area contributed by atoms with E-state index in [-0.39, 0.29) is 5.41 Å². The van der Waals surface area contributed by atoms with Gasteiger partial charge in [0, 0.05) is 11.1 Å². The SMILES string of the molecule is CCCc1cc(OC(C)(C)C)cc(-c2cc(C(C)(C)C)cc(CCC)c2OP(Oc2ccc(OC)cc2)Oc2ccc(OC)cc2)c1OP(Oc1ccc(OC)cc1)Oc1ccc(OC)cc1. The lowest BCUT2D eigenvalue weighted by atomic mass is 9.82. The Morgan fingerprint density at radius 1 is 0.373 bits per heavy atom. The van der Waals surface area contributed by atoms with E-state index in [0.29, 0.717) is 76.1 Å². The molecule has 0 saturated carbocycles. The molecule has 6 rings (SSSR count). The summed E-state index contributed by atoms with van der Waals surface area (Å²) in [4.78, 5) is 0. The molecule has 0 atom stereocenters. The molecule has 0 aliphatic carbocycles. The number of aryl methyl sites for hydroxylation is 2. The lowest BCUT2D eigenvalue weighted by Gasteiger charge is -2.28. The van der Waals surface area contributed by atoms with E-state index in [9.17, 15) is 0 Å². The quantitative estimate of drug-likeness (QED) is 0.0608. The molecule has 0 fully saturated rings. The second-order valence-electron chi connectivity index (χ2n) is 17.6. The maximum Gasteiger partial charge on any atom is 0.530 e. The van der Waals surface area contributed by atoms with E-state index in [0.717, 1.165) is 40.7 Å². The van der Waals surface area contributed by atoms with Gasteiger partial charge in [-0.15, -0.1) is 0 Å². The third kappa shape index (κ3) is 14.2. The summed E-state index contributed by atoms with van der Waals surface area (Å²) in [5, 5.41) is 0. The molecule has 0 bridgehead atoms. The molecule has 13 heteroatoms. The summed E-state index contributed by atoms with van der Waals surface area (Å²) >= 11 is 0. The van der Waals surface area contributed by atoms with Crippen molar-refractivity contribution in [2.24, 2.45) is 0 Å². The van der Waals surface area contributed by atoms with Gasteiger partial charge in [-0.1, -0.05) is 53.5 Å². The molecular weight excluding hydrogens is 887 g/mol. The van der Waals surface area contributed by atoms with Gasteiger partial charge in [-0.05, 0) is 171 Å². The Morgan fingerprint density at radius 2 is 0.687 bits per heavy atom. The van der Waals surface area contributed by atoms with Gasteiger partial charge in [0.2, 0.25) is 0 Å². The minimum atomic E-state index is -2.16. The van der Waals surface area contributed by atoms with E-state index in [1.807, 2.05) is 124 Å². The van der Waals surface area contributed by atoms with E-state index in [2.05, 4.69) is 52.8 Å². The zero-order valence-electron chi connectivity index (χ0n) is 40.8. The van der Waals surface area contributed by atoms with Gasteiger partial charge in [-0.2, -0.15) is 0 Å². The minimum Gasteiger partial charge on any atom is -0.497 e. The van der Waals surface area contributed by atoms with Crippen molar-refractivity contribution < 1.29 is 50.8 Å². The summed E-state index contributed by atoms with van der Waals surface area (Å²) in [6, 6.07) is 37.8. The molecule has 0 aliphatic heterocycles. The van der Waals surface area contributed by atoms with E-state index in [1.165, 1.54) is 0 Å². The van der Waals surface area contributed by atoms with Crippen LogP contribution < -0.4 is 50.8 Å². The van der Waals surface area contributed by atoms with Crippen LogP contribution >= 0.6 is 17.2 Å². The Bertz CT molecular complexity index is 2380. The summed E-state index contributed by atoms with van der Waals surface area (Å²) in [6.45, 7) is 17.0. The molecule has 67 heavy (non-hydrogen) atoms. The van der Waals surface area contributed by atoms with E-state index in [4.69, 9.17) is 50.8 Å². The van der Waals surface area contributed by atoms with Crippen LogP contribution in [0.15, 0.2) is 121 Å². The maximum absolute atomic E-state index is 7.19. The van der Waals surface area contributed by atoms with Crippen molar-refractivity contribution in [1.29, 1.82) is 0 Å². The van der Waals surface area contributed by atoms with Crippen molar-refractivity contribution in [3.05, 3.63) is 138 Å². The average molecular weight is 951 g/mol. The molecule has 0 aromatic heterocycles. The van der Waals surface area contributed by atoms with Crippen LogP contribution in [-0.2, 0) is 18.3 Å². The highest BCUT2D eigenvalue weighted by Crippen LogP contribution is 2.54. The summed E-state index contributed by atoms with van der Waals surface area (Å²) in [6.07, 6.45) is 3.01. The molecule has 0 unspecified atom stereocenters. The van der Waals surface area contributed by atoms with Crippen LogP contribution in [0.1, 0.15) is 84.9 Å². The second-order valence-corrected chi connectivity index (χ2v) is 19.6. The molecule has 0 spiro atoms. The molecule has 0 aliphatic rings. The van der Waals surface area contributed by atoms with Crippen LogP contribution in [0, 0.1) is 0 Å². The molecule has 356 valence electrons. The Morgan fingerprint density at radius 3 is 0.985 bits per heavy atom. The van der Waals surface area contributed by atoms with Crippen molar-refractivity contribution in [2.45, 2.75) is 92.1 Å². The molecule has 0 heterocycles. The van der Waals surface area contributed by atoms with Crippen molar-refractivity contribution >= 4 is 17.2 Å². The van der Waals surface area contributed by atoms with Crippen molar-refractivity contribution in [3.8, 4) is 74.4 Å². The largest absolute Gasteiger partial charge is 0.530 e. The lowest BCUT2D eigenvalue weighted by Crippen LogP contribution is -2.23. The monoisotopic (exact) mass is 950 g/mol. The van der Waals surface area contributed by atoms with Crippen LogP contribution in [0.2, 0.25) is 0 Å². The first-order valence-corrected chi connectivity index (χ1v) is 24.6. The number of ether oxygens (including phenoxy) is 5. The second kappa shape index (κ2) is 23.1. The lowest BCUT2D eigenvalue weighted by molar-refractivity contribution is 0.131. The Balaban J connectivity index is 1.59. The number of rotatable bonds is 22. The van der Waals surface area contributed by atoms with Crippen molar-refractivity contribution in [3.63, 3.8) is 0 Å². The van der Waals surface area contributed by atoms with Crippen LogP contribution in [0.3, 0.4) is 0 Å². The maximum atomic E-state index is 7.19. The van der Waals surface area contributed by atoms with Crippen LogP contribution in [0.25, 0.3) is 11.1 Å². The number of methoxy groups -OCH3 is 4. The molecule has 11 nitrogen and oxygen atoms in total. The zero-order valence-corrected chi connectivity index (χ0v) is 42.5. The third-order valence-electron chi connectivity index (χ3n) is 10.2. The van der Waals surface area contributed by atoms with Crippen LogP contribution in [0.4, 0.5) is 0 Å². The smallest absolute Gasteiger partial charge is 0.497 e. The molecule has 6 aromatic carbocycles. The first-order valence-electron chi connectivity index (χ1n) is 22.4. The van der Waals surface area contributed by atoms with Gasteiger partial charge in [0.05, 0.1) is 28.4 Å². The molecule has 0 radical (unpaired) electrons. The highest BCUT2D eigenvalue weighted by atomic mass is 31.2. The highest BCUT2D eigenvalue weighted by Gasteiger charge is 2.32. The molecular formula is C54H64O11P2. The topological polar surface area (TPSA) is 102 Å². The normalized spacial score (nSPS) is 11.5. The van der Waals surface area contributed by atoms with Crippen molar-refractivity contribution in [2.75, 3.05) is 28.4 Å². The predicted octanol–water partition coefficient (Wildman–Crippen LogP) is 15.3. The summed E-state index contributed by atoms with van der Waals surface area (Å²) in [7, 11) is 2.19. The van der Waals surface area contributed by atoms with Crippen molar-refractivity contribution in [1.82, 2.24) is 0 Å². The van der Waals surface area contributed by atoms with Gasteiger partial charge in [0.15, 0.2) is 0 Å². The minimum absolute atomic E-state index is 0.256. The van der Waals surface area contributed by atoms with Crippen LogP contribution in [-0.4, -0.2) is 34.0 Å². The molecule has 6 aromatic rings. The van der Waals surface area contributed by atoms with Gasteiger partial charge in [-0.25, -0.2) is 0 Å². The molecule has 0 N–H and O–H groups in total. The fourth-order valence-electron chi connectivity index (χ4n) is 6.87. The molecule has 0 amide bonds. The fraction of sp³-hybridized carbons (Fsp3) is 0.333. The first kappa shape index (κ1) is 50.4. The Kier molecular flexibility index (Phi) is 17.4. The summed E-state index contributed by atoms with van der Waals surface area (Å²) < 4.78 is 69.4. The highest BCUT2D eigenvalue weighted by molar-refractivity contribution is 7.43. The van der Waals surface area contributed by atoms with Gasteiger partial charge in [-0.3, -0.25) is 0 Å².